The van der Waals surface area contributed by atoms with Crippen molar-refractivity contribution in [1.82, 2.24) is 10.2 Å². The Labute approximate surface area is 200 Å². The number of alkyl carbamates (subject to hydrolysis) is 1. The number of carbonyl (C=O) groups excluding carboxylic acids is 2. The number of carboxylic acids is 1. The third-order valence-electron chi connectivity index (χ3n) is 7.31. The Morgan fingerprint density at radius 2 is 1.71 bits per heavy atom. The second-order valence-electron chi connectivity index (χ2n) is 9.49. The number of benzene rings is 2. The standard InChI is InChI=1S/C27H32N2O5/c1-3-27(2,25(32)29-14-8-9-18(29)15-24(30)31)17-28-26(33)34-16-23-21-12-6-4-10-19(21)20-11-5-7-13-22(20)23/h4-7,10-13,18,23H,3,8-9,14-17H2,1-2H3,(H,28,33)(H,30,31). The van der Waals surface area contributed by atoms with Crippen LogP contribution in [0.1, 0.15) is 56.6 Å². The lowest BCUT2D eigenvalue weighted by atomic mass is 9.85. The summed E-state index contributed by atoms with van der Waals surface area (Å²) in [5.41, 5.74) is 3.79. The van der Waals surface area contributed by atoms with Crippen LogP contribution in [0.4, 0.5) is 4.79 Å². The van der Waals surface area contributed by atoms with Crippen LogP contribution in [0.25, 0.3) is 11.1 Å². The normalized spacial score (nSPS) is 18.6. The minimum atomic E-state index is -0.903. The molecule has 1 heterocycles. The monoisotopic (exact) mass is 464 g/mol. The van der Waals surface area contributed by atoms with Gasteiger partial charge in [-0.3, -0.25) is 9.59 Å². The first-order valence-corrected chi connectivity index (χ1v) is 12.0. The van der Waals surface area contributed by atoms with Gasteiger partial charge in [0.15, 0.2) is 0 Å². The van der Waals surface area contributed by atoms with E-state index in [1.807, 2.05) is 38.1 Å². The molecule has 1 aliphatic heterocycles. The average Bonchev–Trinajstić information content (AvgIpc) is 3.42. The number of likely N-dealkylation sites (tertiary alicyclic amines) is 1. The van der Waals surface area contributed by atoms with E-state index < -0.39 is 17.5 Å². The van der Waals surface area contributed by atoms with Crippen LogP contribution in [0.3, 0.4) is 0 Å². The van der Waals surface area contributed by atoms with Gasteiger partial charge in [-0.2, -0.15) is 0 Å². The first kappa shape index (κ1) is 23.8. The number of nitrogens with one attached hydrogen (secondary N) is 1. The third-order valence-corrected chi connectivity index (χ3v) is 7.31. The predicted octanol–water partition coefficient (Wildman–Crippen LogP) is 4.41. The number of hydrogen-bond donors (Lipinski definition) is 2. The van der Waals surface area contributed by atoms with Gasteiger partial charge in [-0.25, -0.2) is 4.79 Å². The van der Waals surface area contributed by atoms with Crippen molar-refractivity contribution in [2.45, 2.75) is 51.5 Å². The zero-order chi connectivity index (χ0) is 24.3. The molecule has 0 aromatic heterocycles. The summed E-state index contributed by atoms with van der Waals surface area (Å²) in [6, 6.07) is 16.0. The van der Waals surface area contributed by atoms with Crippen molar-refractivity contribution in [1.29, 1.82) is 0 Å². The Balaban J connectivity index is 1.37. The summed E-state index contributed by atoms with van der Waals surface area (Å²) in [7, 11) is 0. The van der Waals surface area contributed by atoms with Crippen LogP contribution in [0.2, 0.25) is 0 Å². The van der Waals surface area contributed by atoms with E-state index in [1.165, 1.54) is 0 Å². The van der Waals surface area contributed by atoms with Crippen molar-refractivity contribution in [2.24, 2.45) is 5.41 Å². The molecule has 0 saturated carbocycles. The summed E-state index contributed by atoms with van der Waals surface area (Å²) in [5.74, 6) is -1.05. The fourth-order valence-electron chi connectivity index (χ4n) is 5.13. The van der Waals surface area contributed by atoms with Gasteiger partial charge in [-0.15, -0.1) is 0 Å². The summed E-state index contributed by atoms with van der Waals surface area (Å²) in [6.07, 6.45) is 1.40. The molecule has 0 spiro atoms. The van der Waals surface area contributed by atoms with Crippen LogP contribution in [0.15, 0.2) is 48.5 Å². The van der Waals surface area contributed by atoms with E-state index >= 15 is 0 Å². The fourth-order valence-corrected chi connectivity index (χ4v) is 5.13. The van der Waals surface area contributed by atoms with Crippen molar-refractivity contribution in [3.8, 4) is 11.1 Å². The molecule has 180 valence electrons. The van der Waals surface area contributed by atoms with Gasteiger partial charge in [0, 0.05) is 25.0 Å². The van der Waals surface area contributed by atoms with E-state index in [9.17, 15) is 14.4 Å². The van der Waals surface area contributed by atoms with Crippen LogP contribution >= 0.6 is 0 Å². The molecule has 1 fully saturated rings. The highest BCUT2D eigenvalue weighted by atomic mass is 16.5. The van der Waals surface area contributed by atoms with E-state index in [1.54, 1.807) is 4.90 Å². The minimum absolute atomic E-state index is 0.0290. The Morgan fingerprint density at radius 1 is 1.09 bits per heavy atom. The van der Waals surface area contributed by atoms with E-state index in [2.05, 4.69) is 29.6 Å². The molecular formula is C27H32N2O5. The largest absolute Gasteiger partial charge is 0.481 e. The maximum atomic E-state index is 13.3. The average molecular weight is 465 g/mol. The van der Waals surface area contributed by atoms with Crippen molar-refractivity contribution in [2.75, 3.05) is 19.7 Å². The number of carbonyl (C=O) groups is 3. The van der Waals surface area contributed by atoms with Gasteiger partial charge in [-0.05, 0) is 48.4 Å². The van der Waals surface area contributed by atoms with Gasteiger partial charge >= 0.3 is 12.1 Å². The molecular weight excluding hydrogens is 432 g/mol. The lowest BCUT2D eigenvalue weighted by molar-refractivity contribution is -0.144. The first-order valence-electron chi connectivity index (χ1n) is 12.0. The van der Waals surface area contributed by atoms with Crippen LogP contribution in [-0.2, 0) is 14.3 Å². The molecule has 2 aliphatic rings. The summed E-state index contributed by atoms with van der Waals surface area (Å²) >= 11 is 0. The third kappa shape index (κ3) is 4.65. The van der Waals surface area contributed by atoms with E-state index in [0.29, 0.717) is 19.4 Å². The van der Waals surface area contributed by atoms with Crippen LogP contribution < -0.4 is 5.32 Å². The van der Waals surface area contributed by atoms with Crippen LogP contribution in [0, 0.1) is 5.41 Å². The molecule has 34 heavy (non-hydrogen) atoms. The predicted molar refractivity (Wildman–Crippen MR) is 128 cm³/mol. The number of rotatable bonds is 8. The number of hydrogen-bond acceptors (Lipinski definition) is 4. The quantitative estimate of drug-likeness (QED) is 0.603. The molecule has 2 aromatic rings. The zero-order valence-corrected chi connectivity index (χ0v) is 19.8. The smallest absolute Gasteiger partial charge is 0.407 e. The summed E-state index contributed by atoms with van der Waals surface area (Å²) in [5, 5.41) is 12.0. The summed E-state index contributed by atoms with van der Waals surface area (Å²) < 4.78 is 5.61. The highest BCUT2D eigenvalue weighted by Crippen LogP contribution is 2.44. The highest BCUT2D eigenvalue weighted by Gasteiger charge is 2.40. The van der Waals surface area contributed by atoms with Gasteiger partial charge in [0.2, 0.25) is 5.91 Å². The molecule has 7 heteroatoms. The lowest BCUT2D eigenvalue weighted by Gasteiger charge is -2.34. The molecule has 2 amide bonds. The first-order chi connectivity index (χ1) is 16.3. The zero-order valence-electron chi connectivity index (χ0n) is 19.8. The van der Waals surface area contributed by atoms with E-state index in [0.717, 1.165) is 28.7 Å². The Hall–Kier alpha value is -3.35. The van der Waals surface area contributed by atoms with E-state index in [-0.39, 0.29) is 37.4 Å². The van der Waals surface area contributed by atoms with Gasteiger partial charge < -0.3 is 20.1 Å². The van der Waals surface area contributed by atoms with Crippen LogP contribution in [-0.4, -0.2) is 53.7 Å². The molecule has 0 radical (unpaired) electrons. The Morgan fingerprint density at radius 3 is 2.29 bits per heavy atom. The Kier molecular flexibility index (Phi) is 6.91. The van der Waals surface area contributed by atoms with Gasteiger partial charge in [0.05, 0.1) is 11.8 Å². The van der Waals surface area contributed by atoms with Gasteiger partial charge in [-0.1, -0.05) is 55.5 Å². The molecule has 2 unspecified atom stereocenters. The SMILES string of the molecule is CCC(C)(CNC(=O)OCC1c2ccccc2-c2ccccc21)C(=O)N1CCCC1CC(=O)O. The molecule has 2 aromatic carbocycles. The lowest BCUT2D eigenvalue weighted by Crippen LogP contribution is -2.50. The summed E-state index contributed by atoms with van der Waals surface area (Å²) in [6.45, 7) is 4.62. The number of ether oxygens (including phenoxy) is 1. The molecule has 4 rings (SSSR count). The van der Waals surface area contributed by atoms with Crippen molar-refractivity contribution in [3.05, 3.63) is 59.7 Å². The second-order valence-corrected chi connectivity index (χ2v) is 9.49. The highest BCUT2D eigenvalue weighted by molar-refractivity contribution is 5.84. The maximum absolute atomic E-state index is 13.3. The van der Waals surface area contributed by atoms with Gasteiger partial charge in [0.25, 0.3) is 0 Å². The maximum Gasteiger partial charge on any atom is 0.407 e. The number of carboxylic acid groups (broad SMARTS) is 1. The number of aliphatic carboxylic acids is 1. The topological polar surface area (TPSA) is 95.9 Å². The minimum Gasteiger partial charge on any atom is -0.481 e. The molecule has 1 saturated heterocycles. The van der Waals surface area contributed by atoms with Crippen molar-refractivity contribution < 1.29 is 24.2 Å². The number of nitrogens with zero attached hydrogens (tertiary/aromatic N) is 1. The summed E-state index contributed by atoms with van der Waals surface area (Å²) in [4.78, 5) is 38.7. The van der Waals surface area contributed by atoms with Crippen molar-refractivity contribution in [3.63, 3.8) is 0 Å². The molecule has 1 aliphatic carbocycles. The van der Waals surface area contributed by atoms with E-state index in [4.69, 9.17) is 9.84 Å². The van der Waals surface area contributed by atoms with Crippen molar-refractivity contribution >= 4 is 18.0 Å². The fraction of sp³-hybridized carbons (Fsp3) is 0.444. The second kappa shape index (κ2) is 9.87. The molecule has 2 N–H and O–H groups in total. The number of amides is 2. The Bertz CT molecular complexity index is 1040. The molecule has 2 atom stereocenters. The molecule has 7 nitrogen and oxygen atoms in total. The number of fused-ring (bicyclic) bond motifs is 3. The van der Waals surface area contributed by atoms with Crippen LogP contribution in [0.5, 0.6) is 0 Å². The van der Waals surface area contributed by atoms with Gasteiger partial charge in [0.1, 0.15) is 6.61 Å². The molecule has 0 bridgehead atoms.